The van der Waals surface area contributed by atoms with Crippen LogP contribution in [-0.2, 0) is 0 Å². The zero-order chi connectivity index (χ0) is 35.6. The number of hydrogen-bond donors (Lipinski definition) is 0. The van der Waals surface area contributed by atoms with E-state index in [0.717, 1.165) is 34.5 Å². The van der Waals surface area contributed by atoms with Crippen LogP contribution >= 0.6 is 0 Å². The summed E-state index contributed by atoms with van der Waals surface area (Å²) in [6.07, 6.45) is 7.11. The molecule has 54 heavy (non-hydrogen) atoms. The minimum atomic E-state index is 0.251. The van der Waals surface area contributed by atoms with Crippen LogP contribution < -0.4 is 0 Å². The number of benzene rings is 8. The third-order valence-corrected chi connectivity index (χ3v) is 11.4. The Labute approximate surface area is 314 Å². The van der Waals surface area contributed by atoms with Gasteiger partial charge in [0.05, 0.1) is 11.4 Å². The first-order valence-corrected chi connectivity index (χ1v) is 18.7. The molecule has 0 N–H and O–H groups in total. The zero-order valence-corrected chi connectivity index (χ0v) is 29.6. The highest BCUT2D eigenvalue weighted by molar-refractivity contribution is 6.24. The van der Waals surface area contributed by atoms with Crippen molar-refractivity contribution in [1.82, 2.24) is 4.98 Å². The number of allylic oxidation sites excluding steroid dienone is 3. The molecule has 0 amide bonds. The number of nitrogens with zero attached hydrogens (tertiary/aromatic N) is 2. The van der Waals surface area contributed by atoms with Crippen molar-refractivity contribution >= 4 is 60.1 Å². The predicted molar refractivity (Wildman–Crippen MR) is 228 cm³/mol. The Kier molecular flexibility index (Phi) is 7.03. The van der Waals surface area contributed by atoms with Crippen LogP contribution in [0.5, 0.6) is 0 Å². The Morgan fingerprint density at radius 3 is 1.52 bits per heavy atom. The van der Waals surface area contributed by atoms with Gasteiger partial charge < -0.3 is 0 Å². The largest absolute Gasteiger partial charge is 0.264 e. The Bertz CT molecular complexity index is 3040. The molecule has 0 spiro atoms. The lowest BCUT2D eigenvalue weighted by Gasteiger charge is -2.14. The molecular formula is C52H34N2. The first kappa shape index (κ1) is 30.7. The second-order valence-electron chi connectivity index (χ2n) is 14.5. The zero-order valence-electron chi connectivity index (χ0n) is 29.6. The van der Waals surface area contributed by atoms with Crippen molar-refractivity contribution in [2.75, 3.05) is 0 Å². The van der Waals surface area contributed by atoms with E-state index in [0.29, 0.717) is 0 Å². The van der Waals surface area contributed by atoms with Crippen molar-refractivity contribution in [3.05, 3.63) is 211 Å². The van der Waals surface area contributed by atoms with Crippen LogP contribution in [0.2, 0.25) is 0 Å². The lowest BCUT2D eigenvalue weighted by atomic mass is 9.91. The molecule has 1 aliphatic carbocycles. The molecule has 1 aromatic heterocycles. The van der Waals surface area contributed by atoms with Gasteiger partial charge in [-0.15, -0.1) is 0 Å². The van der Waals surface area contributed by atoms with Crippen LogP contribution in [-0.4, -0.2) is 10.7 Å². The topological polar surface area (TPSA) is 25.2 Å². The molecule has 0 bridgehead atoms. The summed E-state index contributed by atoms with van der Waals surface area (Å²) in [4.78, 5) is 9.99. The molecule has 1 saturated carbocycles. The average molecular weight is 687 g/mol. The molecule has 8 aromatic carbocycles. The van der Waals surface area contributed by atoms with E-state index in [2.05, 4.69) is 175 Å². The molecule has 0 radical (unpaired) electrons. The van der Waals surface area contributed by atoms with Crippen molar-refractivity contribution in [3.63, 3.8) is 0 Å². The molecule has 1 aliphatic heterocycles. The number of aromatic nitrogens is 1. The summed E-state index contributed by atoms with van der Waals surface area (Å²) in [5.74, 6) is 0.251. The van der Waals surface area contributed by atoms with E-state index in [4.69, 9.17) is 4.99 Å². The summed E-state index contributed by atoms with van der Waals surface area (Å²) in [6, 6.07) is 61.8. The van der Waals surface area contributed by atoms with Gasteiger partial charge in [0.2, 0.25) is 0 Å². The summed E-state index contributed by atoms with van der Waals surface area (Å²) in [7, 11) is 0. The van der Waals surface area contributed by atoms with Gasteiger partial charge in [-0.3, -0.25) is 9.98 Å². The lowest BCUT2D eigenvalue weighted by molar-refractivity contribution is 1.22. The number of aliphatic imine (C=N–C) groups is 1. The Hall–Kier alpha value is -6.90. The van der Waals surface area contributed by atoms with Gasteiger partial charge >= 0.3 is 0 Å². The maximum atomic E-state index is 5.69. The molecule has 1 unspecified atom stereocenters. The Balaban J connectivity index is 1.09. The fourth-order valence-electron chi connectivity index (χ4n) is 8.60. The van der Waals surface area contributed by atoms with Gasteiger partial charge in [-0.1, -0.05) is 157 Å². The van der Waals surface area contributed by atoms with Crippen LogP contribution in [0.25, 0.3) is 76.6 Å². The van der Waals surface area contributed by atoms with Crippen LogP contribution in [0, 0.1) is 5.92 Å². The average Bonchev–Trinajstić information content (AvgIpc) is 4.06. The third-order valence-electron chi connectivity index (χ3n) is 11.4. The van der Waals surface area contributed by atoms with Crippen molar-refractivity contribution in [2.24, 2.45) is 10.9 Å². The van der Waals surface area contributed by atoms with Gasteiger partial charge in [0.1, 0.15) is 0 Å². The highest BCUT2D eigenvalue weighted by atomic mass is 14.8. The summed E-state index contributed by atoms with van der Waals surface area (Å²) < 4.78 is 0. The molecule has 9 aromatic rings. The number of pyridine rings is 1. The van der Waals surface area contributed by atoms with E-state index >= 15 is 0 Å². The van der Waals surface area contributed by atoms with Crippen molar-refractivity contribution in [3.8, 4) is 22.3 Å². The normalized spacial score (nSPS) is 15.3. The van der Waals surface area contributed by atoms with E-state index in [1.54, 1.807) is 0 Å². The highest BCUT2D eigenvalue weighted by Gasteiger charge is 2.40. The maximum absolute atomic E-state index is 5.69. The van der Waals surface area contributed by atoms with Crippen LogP contribution in [0.4, 0.5) is 0 Å². The maximum Gasteiger partial charge on any atom is 0.0711 e. The Morgan fingerprint density at radius 1 is 0.426 bits per heavy atom. The molecule has 0 saturated heterocycles. The fourth-order valence-corrected chi connectivity index (χ4v) is 8.60. The van der Waals surface area contributed by atoms with E-state index in [-0.39, 0.29) is 5.92 Å². The van der Waals surface area contributed by atoms with Gasteiger partial charge in [-0.25, -0.2) is 0 Å². The molecule has 252 valence electrons. The quantitative estimate of drug-likeness (QED) is 0.165. The number of rotatable bonds is 5. The monoisotopic (exact) mass is 686 g/mol. The molecule has 2 heteroatoms. The van der Waals surface area contributed by atoms with Gasteiger partial charge in [0.25, 0.3) is 0 Å². The minimum absolute atomic E-state index is 0.251. The highest BCUT2D eigenvalue weighted by Crippen LogP contribution is 2.51. The third kappa shape index (κ3) is 5.10. The molecule has 2 aliphatic rings. The van der Waals surface area contributed by atoms with E-state index in [1.807, 2.05) is 18.5 Å². The number of hydrogen-bond acceptors (Lipinski definition) is 2. The fraction of sp³-hybridized carbons (Fsp3) is 0.0385. The second kappa shape index (κ2) is 12.4. The number of fused-ring (bicyclic) bond motifs is 7. The van der Waals surface area contributed by atoms with E-state index in [1.165, 1.54) is 76.5 Å². The van der Waals surface area contributed by atoms with E-state index in [9.17, 15) is 0 Å². The smallest absolute Gasteiger partial charge is 0.0711 e. The first-order chi connectivity index (χ1) is 26.8. The summed E-state index contributed by atoms with van der Waals surface area (Å²) in [5, 5.41) is 10.2. The summed E-state index contributed by atoms with van der Waals surface area (Å²) >= 11 is 0. The van der Waals surface area contributed by atoms with Gasteiger partial charge in [-0.05, 0) is 107 Å². The van der Waals surface area contributed by atoms with Gasteiger partial charge in [-0.2, -0.15) is 0 Å². The molecule has 1 fully saturated rings. The standard InChI is InChI=1S/C52H34N2/c1-3-13-40-37(10-1)28-46(44-17-7-5-15-42(40)44)48-31-51(36-25-23-34(24-26-36)33-19-21-35(22-20-33)39-12-9-27-53-32-39)54-52(50-30-47(48)50)49-29-38-11-2-4-14-41(38)43-16-6-8-18-45(43)49/h1-29,31-32,50H,30H2. The lowest BCUT2D eigenvalue weighted by Crippen LogP contribution is -2.05. The van der Waals surface area contributed by atoms with Gasteiger partial charge in [0.15, 0.2) is 0 Å². The predicted octanol–water partition coefficient (Wildman–Crippen LogP) is 13.3. The molecule has 11 rings (SSSR count). The summed E-state index contributed by atoms with van der Waals surface area (Å²) in [5.41, 5.74) is 13.2. The SMILES string of the molecule is C1=C(c2ccc(-c3ccc(-c4cccnc4)cc3)cc2)N=C(c2cc3ccccc3c3ccccc23)C2CC2=C1c1cc2ccccc2c2ccccc12. The second-order valence-corrected chi connectivity index (χ2v) is 14.5. The molecule has 2 nitrogen and oxygen atoms in total. The van der Waals surface area contributed by atoms with E-state index < -0.39 is 0 Å². The first-order valence-electron chi connectivity index (χ1n) is 18.7. The molecular weight excluding hydrogens is 653 g/mol. The molecule has 2 heterocycles. The van der Waals surface area contributed by atoms with Crippen LogP contribution in [0.15, 0.2) is 199 Å². The summed E-state index contributed by atoms with van der Waals surface area (Å²) in [6.45, 7) is 0. The minimum Gasteiger partial charge on any atom is -0.264 e. The van der Waals surface area contributed by atoms with Crippen molar-refractivity contribution < 1.29 is 0 Å². The van der Waals surface area contributed by atoms with Crippen molar-refractivity contribution in [2.45, 2.75) is 6.42 Å². The Morgan fingerprint density at radius 2 is 0.926 bits per heavy atom. The van der Waals surface area contributed by atoms with Crippen molar-refractivity contribution in [1.29, 1.82) is 0 Å². The van der Waals surface area contributed by atoms with Crippen LogP contribution in [0.3, 0.4) is 0 Å². The van der Waals surface area contributed by atoms with Crippen LogP contribution in [0.1, 0.15) is 23.1 Å². The molecule has 1 atom stereocenters. The van der Waals surface area contributed by atoms with Gasteiger partial charge in [0, 0.05) is 29.4 Å².